The van der Waals surface area contributed by atoms with Crippen LogP contribution >= 0.6 is 0 Å². The summed E-state index contributed by atoms with van der Waals surface area (Å²) in [7, 11) is 0. The number of rotatable bonds is 1. The highest BCUT2D eigenvalue weighted by molar-refractivity contribution is 4.68. The number of nitrogens with zero attached hydrogens (tertiary/aromatic N) is 1. The minimum atomic E-state index is 0.775. The predicted molar refractivity (Wildman–Crippen MR) is 56.5 cm³/mol. The summed E-state index contributed by atoms with van der Waals surface area (Å²) in [4.78, 5) is 2.53. The summed E-state index contributed by atoms with van der Waals surface area (Å²) in [5.74, 6) is 0.833. The molecule has 0 aromatic heterocycles. The molecule has 1 heterocycles. The highest BCUT2D eigenvalue weighted by Gasteiger charge is 2.13. The molecule has 12 heavy (non-hydrogen) atoms. The summed E-state index contributed by atoms with van der Waals surface area (Å²) >= 11 is 0. The van der Waals surface area contributed by atoms with Gasteiger partial charge in [0.15, 0.2) is 0 Å². The molecular formula is C11H25N. The molecule has 0 radical (unpaired) electrons. The van der Waals surface area contributed by atoms with Crippen molar-refractivity contribution in [1.82, 2.24) is 4.90 Å². The second kappa shape index (κ2) is 6.47. The van der Waals surface area contributed by atoms with E-state index in [-0.39, 0.29) is 0 Å². The zero-order chi connectivity index (χ0) is 9.56. The third-order valence-corrected chi connectivity index (χ3v) is 1.87. The molecule has 0 amide bonds. The lowest BCUT2D eigenvalue weighted by Gasteiger charge is -2.18. The van der Waals surface area contributed by atoms with Crippen LogP contribution in [0.2, 0.25) is 0 Å². The molecular weight excluding hydrogens is 146 g/mol. The first-order valence-electron chi connectivity index (χ1n) is 5.28. The molecule has 0 N–H and O–H groups in total. The van der Waals surface area contributed by atoms with Gasteiger partial charge in [0.05, 0.1) is 0 Å². The van der Waals surface area contributed by atoms with Gasteiger partial charge in [-0.05, 0) is 45.7 Å². The molecule has 0 bridgehead atoms. The van der Waals surface area contributed by atoms with Crippen LogP contribution in [0.25, 0.3) is 0 Å². The van der Waals surface area contributed by atoms with Gasteiger partial charge in [-0.15, -0.1) is 0 Å². The zero-order valence-corrected chi connectivity index (χ0v) is 9.43. The van der Waals surface area contributed by atoms with Crippen LogP contribution in [-0.4, -0.2) is 24.0 Å². The second-order valence-corrected chi connectivity index (χ2v) is 4.57. The van der Waals surface area contributed by atoms with E-state index in [1.54, 1.807) is 0 Å². The fraction of sp³-hybridized carbons (Fsp3) is 1.00. The van der Waals surface area contributed by atoms with Crippen molar-refractivity contribution in [3.05, 3.63) is 0 Å². The van der Waals surface area contributed by atoms with E-state index >= 15 is 0 Å². The quantitative estimate of drug-likeness (QED) is 0.586. The van der Waals surface area contributed by atoms with E-state index < -0.39 is 0 Å². The summed E-state index contributed by atoms with van der Waals surface area (Å²) in [5.41, 5.74) is 0. The van der Waals surface area contributed by atoms with Crippen molar-refractivity contribution in [3.8, 4) is 0 Å². The lowest BCUT2D eigenvalue weighted by Crippen LogP contribution is -2.26. The van der Waals surface area contributed by atoms with Crippen molar-refractivity contribution >= 4 is 0 Å². The SMILES string of the molecule is CC(C)C.CC(C)N1CCCC1. The summed E-state index contributed by atoms with van der Waals surface area (Å²) < 4.78 is 0. The maximum absolute atomic E-state index is 2.53. The molecule has 1 heteroatoms. The monoisotopic (exact) mass is 171 g/mol. The van der Waals surface area contributed by atoms with Gasteiger partial charge in [-0.1, -0.05) is 20.8 Å². The summed E-state index contributed by atoms with van der Waals surface area (Å²) in [6, 6.07) is 0.775. The molecule has 1 saturated heterocycles. The topological polar surface area (TPSA) is 3.24 Å². The maximum atomic E-state index is 2.53. The van der Waals surface area contributed by atoms with Gasteiger partial charge in [0.2, 0.25) is 0 Å². The Balaban J connectivity index is 0.000000261. The van der Waals surface area contributed by atoms with Crippen LogP contribution in [0.5, 0.6) is 0 Å². The van der Waals surface area contributed by atoms with E-state index in [0.29, 0.717) is 0 Å². The third kappa shape index (κ3) is 6.66. The normalized spacial score (nSPS) is 18.2. The largest absolute Gasteiger partial charge is 0.301 e. The van der Waals surface area contributed by atoms with E-state index in [9.17, 15) is 0 Å². The minimum Gasteiger partial charge on any atom is -0.301 e. The van der Waals surface area contributed by atoms with E-state index in [2.05, 4.69) is 39.5 Å². The lowest BCUT2D eigenvalue weighted by atomic mass is 10.3. The molecule has 74 valence electrons. The molecule has 1 nitrogen and oxygen atoms in total. The third-order valence-electron chi connectivity index (χ3n) is 1.87. The van der Waals surface area contributed by atoms with Crippen LogP contribution in [0.3, 0.4) is 0 Å². The second-order valence-electron chi connectivity index (χ2n) is 4.57. The molecule has 0 aliphatic carbocycles. The summed E-state index contributed by atoms with van der Waals surface area (Å²) in [6.45, 7) is 13.7. The molecule has 1 rings (SSSR count). The fourth-order valence-electron chi connectivity index (χ4n) is 1.26. The van der Waals surface area contributed by atoms with Crippen molar-refractivity contribution in [3.63, 3.8) is 0 Å². The number of likely N-dealkylation sites (tertiary alicyclic amines) is 1. The van der Waals surface area contributed by atoms with Crippen LogP contribution in [0.15, 0.2) is 0 Å². The van der Waals surface area contributed by atoms with Gasteiger partial charge in [-0.2, -0.15) is 0 Å². The summed E-state index contributed by atoms with van der Waals surface area (Å²) in [6.07, 6.45) is 2.83. The smallest absolute Gasteiger partial charge is 0.00385 e. The molecule has 0 saturated carbocycles. The highest BCUT2D eigenvalue weighted by atomic mass is 15.2. The minimum absolute atomic E-state index is 0.775. The van der Waals surface area contributed by atoms with Crippen LogP contribution < -0.4 is 0 Å². The van der Waals surface area contributed by atoms with E-state index in [4.69, 9.17) is 0 Å². The number of hydrogen-bond acceptors (Lipinski definition) is 1. The van der Waals surface area contributed by atoms with Gasteiger partial charge < -0.3 is 4.90 Å². The Bertz CT molecular complexity index is 88.4. The first kappa shape index (κ1) is 12.0. The Morgan fingerprint density at radius 1 is 0.833 bits per heavy atom. The standard InChI is InChI=1S/C7H15N.C4H10/c1-7(2)8-5-3-4-6-8;1-4(2)3/h7H,3-6H2,1-2H3;4H,1-3H3. The molecule has 0 aromatic rings. The molecule has 0 unspecified atom stereocenters. The van der Waals surface area contributed by atoms with Crippen molar-refractivity contribution < 1.29 is 0 Å². The van der Waals surface area contributed by atoms with E-state index in [1.807, 2.05) is 0 Å². The Morgan fingerprint density at radius 2 is 1.17 bits per heavy atom. The van der Waals surface area contributed by atoms with Crippen molar-refractivity contribution in [1.29, 1.82) is 0 Å². The van der Waals surface area contributed by atoms with Crippen LogP contribution in [0, 0.1) is 5.92 Å². The maximum Gasteiger partial charge on any atom is 0.00385 e. The first-order valence-corrected chi connectivity index (χ1v) is 5.28. The van der Waals surface area contributed by atoms with E-state index in [0.717, 1.165) is 12.0 Å². The van der Waals surface area contributed by atoms with Crippen molar-refractivity contribution in [2.75, 3.05) is 13.1 Å². The van der Waals surface area contributed by atoms with E-state index in [1.165, 1.54) is 25.9 Å². The van der Waals surface area contributed by atoms with Crippen LogP contribution in [0.4, 0.5) is 0 Å². The van der Waals surface area contributed by atoms with Gasteiger partial charge in [0, 0.05) is 6.04 Å². The molecule has 0 aromatic carbocycles. The Labute approximate surface area is 78.1 Å². The van der Waals surface area contributed by atoms with Gasteiger partial charge in [0.25, 0.3) is 0 Å². The molecule has 1 fully saturated rings. The molecule has 0 atom stereocenters. The van der Waals surface area contributed by atoms with Gasteiger partial charge in [0.1, 0.15) is 0 Å². The van der Waals surface area contributed by atoms with Crippen LogP contribution in [0.1, 0.15) is 47.5 Å². The number of hydrogen-bond donors (Lipinski definition) is 0. The Morgan fingerprint density at radius 3 is 1.33 bits per heavy atom. The van der Waals surface area contributed by atoms with Crippen molar-refractivity contribution in [2.24, 2.45) is 5.92 Å². The zero-order valence-electron chi connectivity index (χ0n) is 9.43. The van der Waals surface area contributed by atoms with Gasteiger partial charge in [-0.3, -0.25) is 0 Å². The lowest BCUT2D eigenvalue weighted by molar-refractivity contribution is 0.276. The Hall–Kier alpha value is -0.0400. The predicted octanol–water partition coefficient (Wildman–Crippen LogP) is 3.15. The fourth-order valence-corrected chi connectivity index (χ4v) is 1.26. The summed E-state index contributed by atoms with van der Waals surface area (Å²) in [5, 5.41) is 0. The van der Waals surface area contributed by atoms with Crippen molar-refractivity contribution in [2.45, 2.75) is 53.5 Å². The first-order chi connectivity index (χ1) is 5.54. The highest BCUT2D eigenvalue weighted by Crippen LogP contribution is 2.09. The average molecular weight is 171 g/mol. The average Bonchev–Trinajstić information content (AvgIpc) is 2.34. The molecule has 1 aliphatic heterocycles. The van der Waals surface area contributed by atoms with Gasteiger partial charge >= 0.3 is 0 Å². The molecule has 0 spiro atoms. The van der Waals surface area contributed by atoms with Gasteiger partial charge in [-0.25, -0.2) is 0 Å². The Kier molecular flexibility index (Phi) is 6.45. The van der Waals surface area contributed by atoms with Crippen LogP contribution in [-0.2, 0) is 0 Å². The molecule has 1 aliphatic rings.